The Morgan fingerprint density at radius 2 is 2.10 bits per heavy atom. The van der Waals surface area contributed by atoms with Crippen molar-refractivity contribution in [2.75, 3.05) is 19.6 Å². The van der Waals surface area contributed by atoms with E-state index >= 15 is 0 Å². The summed E-state index contributed by atoms with van der Waals surface area (Å²) in [4.78, 5) is 10.1. The molecule has 1 aliphatic heterocycles. The van der Waals surface area contributed by atoms with Crippen molar-refractivity contribution in [3.63, 3.8) is 0 Å². The standard InChI is InChI=1S/C17H23N3/c1-17(2)13-20(11-8-16-18-9-10-19-16)12-15(17)14-6-4-3-5-7-14/h3-7,9-10,15H,8,11-13H2,1-2H3,(H,18,19)/t15-/m1/s1. The Morgan fingerprint density at radius 1 is 1.30 bits per heavy atom. The third-order valence-corrected chi connectivity index (χ3v) is 4.44. The van der Waals surface area contributed by atoms with Gasteiger partial charge in [0.25, 0.3) is 0 Å². The van der Waals surface area contributed by atoms with E-state index in [9.17, 15) is 0 Å². The summed E-state index contributed by atoms with van der Waals surface area (Å²) in [5, 5.41) is 0. The molecule has 0 amide bonds. The Hall–Kier alpha value is -1.61. The van der Waals surface area contributed by atoms with E-state index in [2.05, 4.69) is 59.0 Å². The number of nitrogens with one attached hydrogen (secondary N) is 1. The second-order valence-electron chi connectivity index (χ2n) is 6.47. The minimum absolute atomic E-state index is 0.338. The van der Waals surface area contributed by atoms with Crippen LogP contribution in [-0.2, 0) is 6.42 Å². The van der Waals surface area contributed by atoms with Gasteiger partial charge in [-0.3, -0.25) is 0 Å². The van der Waals surface area contributed by atoms with Crippen LogP contribution in [-0.4, -0.2) is 34.5 Å². The lowest BCUT2D eigenvalue weighted by Gasteiger charge is -2.26. The molecular formula is C17H23N3. The summed E-state index contributed by atoms with van der Waals surface area (Å²) < 4.78 is 0. The highest BCUT2D eigenvalue weighted by atomic mass is 15.2. The van der Waals surface area contributed by atoms with E-state index in [1.165, 1.54) is 5.56 Å². The average Bonchev–Trinajstić information content (AvgIpc) is 3.04. The molecule has 1 aromatic carbocycles. The van der Waals surface area contributed by atoms with Gasteiger partial charge in [0.15, 0.2) is 0 Å². The van der Waals surface area contributed by atoms with E-state index < -0.39 is 0 Å². The number of likely N-dealkylation sites (tertiary alicyclic amines) is 1. The molecule has 3 rings (SSSR count). The highest BCUT2D eigenvalue weighted by Gasteiger charge is 2.39. The number of H-pyrrole nitrogens is 1. The Labute approximate surface area is 121 Å². The first-order chi connectivity index (χ1) is 9.65. The number of rotatable bonds is 4. The number of hydrogen-bond acceptors (Lipinski definition) is 2. The van der Waals surface area contributed by atoms with Crippen molar-refractivity contribution in [3.05, 3.63) is 54.1 Å². The predicted molar refractivity (Wildman–Crippen MR) is 81.7 cm³/mol. The predicted octanol–water partition coefficient (Wildman–Crippen LogP) is 3.08. The molecule has 1 N–H and O–H groups in total. The van der Waals surface area contributed by atoms with Crippen molar-refractivity contribution >= 4 is 0 Å². The van der Waals surface area contributed by atoms with Crippen LogP contribution in [0.5, 0.6) is 0 Å². The molecule has 0 bridgehead atoms. The van der Waals surface area contributed by atoms with Gasteiger partial charge in [0, 0.05) is 44.4 Å². The van der Waals surface area contributed by atoms with E-state index in [4.69, 9.17) is 0 Å². The summed E-state index contributed by atoms with van der Waals surface area (Å²) in [6.07, 6.45) is 4.73. The van der Waals surface area contributed by atoms with Crippen molar-refractivity contribution in [1.29, 1.82) is 0 Å². The third kappa shape index (κ3) is 2.78. The molecule has 3 nitrogen and oxygen atoms in total. The fourth-order valence-electron chi connectivity index (χ4n) is 3.37. The van der Waals surface area contributed by atoms with Crippen molar-refractivity contribution in [3.8, 4) is 0 Å². The molecule has 0 radical (unpaired) electrons. The molecule has 1 atom stereocenters. The van der Waals surface area contributed by atoms with Gasteiger partial charge >= 0.3 is 0 Å². The van der Waals surface area contributed by atoms with Crippen LogP contribution >= 0.6 is 0 Å². The van der Waals surface area contributed by atoms with E-state index in [0.29, 0.717) is 11.3 Å². The largest absolute Gasteiger partial charge is 0.349 e. The number of hydrogen-bond donors (Lipinski definition) is 1. The van der Waals surface area contributed by atoms with Gasteiger partial charge in [-0.05, 0) is 11.0 Å². The fraction of sp³-hybridized carbons (Fsp3) is 0.471. The topological polar surface area (TPSA) is 31.9 Å². The molecule has 2 heterocycles. The maximum atomic E-state index is 4.31. The average molecular weight is 269 g/mol. The summed E-state index contributed by atoms with van der Waals surface area (Å²) in [6, 6.07) is 10.9. The molecule has 20 heavy (non-hydrogen) atoms. The SMILES string of the molecule is CC1(C)CN(CCc2ncc[nH]2)C[C@@H]1c1ccccc1. The number of nitrogens with zero attached hydrogens (tertiary/aromatic N) is 2. The van der Waals surface area contributed by atoms with Gasteiger partial charge in [-0.15, -0.1) is 0 Å². The molecule has 1 aromatic heterocycles. The van der Waals surface area contributed by atoms with Gasteiger partial charge in [-0.25, -0.2) is 4.98 Å². The zero-order chi connectivity index (χ0) is 14.0. The maximum absolute atomic E-state index is 4.31. The number of benzene rings is 1. The summed E-state index contributed by atoms with van der Waals surface area (Å²) in [5.41, 5.74) is 1.81. The molecule has 0 saturated carbocycles. The van der Waals surface area contributed by atoms with Crippen LogP contribution in [0.15, 0.2) is 42.7 Å². The molecule has 0 spiro atoms. The van der Waals surface area contributed by atoms with Crippen LogP contribution in [0.3, 0.4) is 0 Å². The van der Waals surface area contributed by atoms with Crippen molar-refractivity contribution in [1.82, 2.24) is 14.9 Å². The van der Waals surface area contributed by atoms with Crippen LogP contribution in [0, 0.1) is 5.41 Å². The van der Waals surface area contributed by atoms with Gasteiger partial charge in [-0.1, -0.05) is 44.2 Å². The molecule has 3 heteroatoms. The van der Waals surface area contributed by atoms with Crippen LogP contribution in [0.1, 0.15) is 31.2 Å². The zero-order valence-electron chi connectivity index (χ0n) is 12.3. The van der Waals surface area contributed by atoms with Crippen molar-refractivity contribution in [2.24, 2.45) is 5.41 Å². The van der Waals surface area contributed by atoms with Crippen LogP contribution < -0.4 is 0 Å². The number of aromatic amines is 1. The summed E-state index contributed by atoms with van der Waals surface area (Å²) >= 11 is 0. The maximum Gasteiger partial charge on any atom is 0.107 e. The van der Waals surface area contributed by atoms with Gasteiger partial charge in [0.1, 0.15) is 5.82 Å². The smallest absolute Gasteiger partial charge is 0.107 e. The third-order valence-electron chi connectivity index (χ3n) is 4.44. The van der Waals surface area contributed by atoms with Crippen LogP contribution in [0.2, 0.25) is 0 Å². The lowest BCUT2D eigenvalue weighted by Crippen LogP contribution is -2.25. The van der Waals surface area contributed by atoms with Crippen molar-refractivity contribution in [2.45, 2.75) is 26.2 Å². The lowest BCUT2D eigenvalue weighted by atomic mass is 9.78. The first-order valence-corrected chi connectivity index (χ1v) is 7.41. The molecule has 2 aromatic rings. The number of aromatic nitrogens is 2. The molecule has 106 valence electrons. The summed E-state index contributed by atoms with van der Waals surface area (Å²) in [5.74, 6) is 1.71. The monoisotopic (exact) mass is 269 g/mol. The highest BCUT2D eigenvalue weighted by molar-refractivity contribution is 5.24. The normalized spacial score (nSPS) is 22.2. The fourth-order valence-corrected chi connectivity index (χ4v) is 3.37. The Balaban J connectivity index is 1.66. The second-order valence-corrected chi connectivity index (χ2v) is 6.47. The van der Waals surface area contributed by atoms with E-state index in [0.717, 1.165) is 31.9 Å². The van der Waals surface area contributed by atoms with Gasteiger partial charge in [-0.2, -0.15) is 0 Å². The first-order valence-electron chi connectivity index (χ1n) is 7.41. The number of imidazole rings is 1. The summed E-state index contributed by atoms with van der Waals surface area (Å²) in [6.45, 7) is 8.17. The summed E-state index contributed by atoms with van der Waals surface area (Å²) in [7, 11) is 0. The minimum atomic E-state index is 0.338. The van der Waals surface area contributed by atoms with E-state index in [1.54, 1.807) is 0 Å². The molecule has 1 fully saturated rings. The minimum Gasteiger partial charge on any atom is -0.349 e. The van der Waals surface area contributed by atoms with E-state index in [1.807, 2.05) is 12.4 Å². The highest BCUT2D eigenvalue weighted by Crippen LogP contribution is 2.42. The molecule has 1 saturated heterocycles. The van der Waals surface area contributed by atoms with Gasteiger partial charge in [0.05, 0.1) is 0 Å². The van der Waals surface area contributed by atoms with E-state index in [-0.39, 0.29) is 0 Å². The Bertz CT molecular complexity index is 531. The van der Waals surface area contributed by atoms with Gasteiger partial charge in [0.2, 0.25) is 0 Å². The van der Waals surface area contributed by atoms with Crippen LogP contribution in [0.25, 0.3) is 0 Å². The van der Waals surface area contributed by atoms with Gasteiger partial charge < -0.3 is 9.88 Å². The first kappa shape index (κ1) is 13.4. The molecule has 1 aliphatic rings. The Kier molecular flexibility index (Phi) is 3.62. The van der Waals surface area contributed by atoms with Crippen molar-refractivity contribution < 1.29 is 0 Å². The molecule has 0 aliphatic carbocycles. The second kappa shape index (κ2) is 5.41. The Morgan fingerprint density at radius 3 is 2.80 bits per heavy atom. The lowest BCUT2D eigenvalue weighted by molar-refractivity contribution is 0.289. The molecule has 0 unspecified atom stereocenters. The zero-order valence-corrected chi connectivity index (χ0v) is 12.3. The quantitative estimate of drug-likeness (QED) is 0.925. The van der Waals surface area contributed by atoms with Crippen LogP contribution in [0.4, 0.5) is 0 Å². The molecular weight excluding hydrogens is 246 g/mol.